The number of anilines is 1. The Morgan fingerprint density at radius 1 is 1.03 bits per heavy atom. The average Bonchev–Trinajstić information content (AvgIpc) is 2.74. The molecule has 2 heteroatoms. The van der Waals surface area contributed by atoms with Crippen LogP contribution in [0, 0.1) is 0 Å². The SMILES string of the molecule is CCCCC(C(C)=O)c1cc2c(c3ccccc13)N(Cc1ccccc1)CCC2. The molecule has 4 rings (SSSR count). The summed E-state index contributed by atoms with van der Waals surface area (Å²) in [6.07, 6.45) is 5.42. The van der Waals surface area contributed by atoms with Crippen LogP contribution in [-0.4, -0.2) is 12.3 Å². The minimum atomic E-state index is 0.00894. The van der Waals surface area contributed by atoms with Gasteiger partial charge < -0.3 is 4.90 Å². The molecule has 3 aromatic rings. The molecule has 1 atom stereocenters. The lowest BCUT2D eigenvalue weighted by Gasteiger charge is -2.34. The van der Waals surface area contributed by atoms with Crippen molar-refractivity contribution in [1.29, 1.82) is 0 Å². The first kappa shape index (κ1) is 19.7. The molecule has 0 amide bonds. The van der Waals surface area contributed by atoms with E-state index < -0.39 is 0 Å². The van der Waals surface area contributed by atoms with Gasteiger partial charge in [0.05, 0.1) is 0 Å². The maximum atomic E-state index is 12.6. The van der Waals surface area contributed by atoms with Gasteiger partial charge in [0.15, 0.2) is 0 Å². The van der Waals surface area contributed by atoms with Crippen molar-refractivity contribution in [2.75, 3.05) is 11.4 Å². The zero-order chi connectivity index (χ0) is 20.2. The van der Waals surface area contributed by atoms with Crippen molar-refractivity contribution in [1.82, 2.24) is 0 Å². The maximum absolute atomic E-state index is 12.6. The Kier molecular flexibility index (Phi) is 5.99. The molecule has 0 saturated carbocycles. The molecule has 0 N–H and O–H groups in total. The highest BCUT2D eigenvalue weighted by Gasteiger charge is 2.25. The van der Waals surface area contributed by atoms with E-state index in [1.807, 2.05) is 0 Å². The fourth-order valence-corrected chi connectivity index (χ4v) is 4.82. The van der Waals surface area contributed by atoms with Crippen LogP contribution in [0.15, 0.2) is 60.7 Å². The number of rotatable bonds is 7. The van der Waals surface area contributed by atoms with Gasteiger partial charge >= 0.3 is 0 Å². The summed E-state index contributed by atoms with van der Waals surface area (Å²) in [5.74, 6) is 0.301. The quantitative estimate of drug-likeness (QED) is 0.453. The van der Waals surface area contributed by atoms with E-state index in [-0.39, 0.29) is 5.92 Å². The second kappa shape index (κ2) is 8.82. The lowest BCUT2D eigenvalue weighted by atomic mass is 9.83. The van der Waals surface area contributed by atoms with Gasteiger partial charge in [-0.25, -0.2) is 0 Å². The second-order valence-electron chi connectivity index (χ2n) is 8.34. The Labute approximate surface area is 174 Å². The highest BCUT2D eigenvalue weighted by molar-refractivity contribution is 6.01. The van der Waals surface area contributed by atoms with Crippen molar-refractivity contribution < 1.29 is 4.79 Å². The number of Topliss-reactive ketones (excluding diaryl/α,β-unsaturated/α-hetero) is 1. The van der Waals surface area contributed by atoms with Crippen molar-refractivity contribution in [3.8, 4) is 0 Å². The normalized spacial score (nSPS) is 14.6. The number of unbranched alkanes of at least 4 members (excludes halogenated alkanes) is 1. The van der Waals surface area contributed by atoms with Gasteiger partial charge in [-0.15, -0.1) is 0 Å². The highest BCUT2D eigenvalue weighted by Crippen LogP contribution is 2.41. The van der Waals surface area contributed by atoms with Crippen molar-refractivity contribution >= 4 is 22.2 Å². The van der Waals surface area contributed by atoms with Crippen LogP contribution < -0.4 is 4.90 Å². The molecule has 0 saturated heterocycles. The number of aryl methyl sites for hydroxylation is 1. The van der Waals surface area contributed by atoms with Gasteiger partial charge in [-0.3, -0.25) is 4.79 Å². The molecular weight excluding hydrogens is 354 g/mol. The van der Waals surface area contributed by atoms with E-state index >= 15 is 0 Å². The van der Waals surface area contributed by atoms with Gasteiger partial charge in [0.2, 0.25) is 0 Å². The van der Waals surface area contributed by atoms with Crippen LogP contribution in [0.1, 0.15) is 62.1 Å². The largest absolute Gasteiger partial charge is 0.366 e. The van der Waals surface area contributed by atoms with E-state index in [0.29, 0.717) is 5.78 Å². The molecule has 1 heterocycles. The number of hydrogen-bond donors (Lipinski definition) is 0. The van der Waals surface area contributed by atoms with Crippen LogP contribution in [0.2, 0.25) is 0 Å². The van der Waals surface area contributed by atoms with E-state index in [4.69, 9.17) is 0 Å². The number of carbonyl (C=O) groups excluding carboxylic acids is 1. The third-order valence-electron chi connectivity index (χ3n) is 6.25. The van der Waals surface area contributed by atoms with Crippen LogP contribution in [0.5, 0.6) is 0 Å². The Morgan fingerprint density at radius 2 is 1.76 bits per heavy atom. The molecular formula is C27H31NO. The van der Waals surface area contributed by atoms with Crippen molar-refractivity contribution in [3.05, 3.63) is 77.4 Å². The van der Waals surface area contributed by atoms with E-state index in [2.05, 4.69) is 72.5 Å². The predicted molar refractivity (Wildman–Crippen MR) is 123 cm³/mol. The Balaban J connectivity index is 1.82. The molecule has 1 aliphatic rings. The summed E-state index contributed by atoms with van der Waals surface area (Å²) in [5.41, 5.74) is 5.36. The molecule has 0 bridgehead atoms. The monoisotopic (exact) mass is 385 g/mol. The topological polar surface area (TPSA) is 20.3 Å². The average molecular weight is 386 g/mol. The zero-order valence-electron chi connectivity index (χ0n) is 17.7. The summed E-state index contributed by atoms with van der Waals surface area (Å²) in [6.45, 7) is 5.97. The van der Waals surface area contributed by atoms with Crippen molar-refractivity contribution in [2.45, 2.75) is 58.4 Å². The molecule has 2 nitrogen and oxygen atoms in total. The molecule has 0 radical (unpaired) electrons. The number of hydrogen-bond acceptors (Lipinski definition) is 2. The van der Waals surface area contributed by atoms with Gasteiger partial charge in [-0.05, 0) is 48.3 Å². The van der Waals surface area contributed by atoms with Crippen LogP contribution in [-0.2, 0) is 17.8 Å². The summed E-state index contributed by atoms with van der Waals surface area (Å²) < 4.78 is 0. The van der Waals surface area contributed by atoms with Crippen LogP contribution in [0.4, 0.5) is 5.69 Å². The summed E-state index contributed by atoms with van der Waals surface area (Å²) in [5, 5.41) is 2.56. The van der Waals surface area contributed by atoms with Gasteiger partial charge in [-0.2, -0.15) is 0 Å². The van der Waals surface area contributed by atoms with E-state index in [9.17, 15) is 4.79 Å². The van der Waals surface area contributed by atoms with Crippen LogP contribution in [0.25, 0.3) is 10.8 Å². The van der Waals surface area contributed by atoms with Gasteiger partial charge in [0.1, 0.15) is 5.78 Å². The van der Waals surface area contributed by atoms with Crippen molar-refractivity contribution in [2.24, 2.45) is 0 Å². The molecule has 0 aliphatic carbocycles. The molecule has 3 aromatic carbocycles. The van der Waals surface area contributed by atoms with E-state index in [1.165, 1.54) is 33.2 Å². The molecule has 1 unspecified atom stereocenters. The number of fused-ring (bicyclic) bond motifs is 3. The molecule has 1 aliphatic heterocycles. The first-order chi connectivity index (χ1) is 14.2. The van der Waals surface area contributed by atoms with Gasteiger partial charge in [-0.1, -0.05) is 80.4 Å². The molecule has 0 aromatic heterocycles. The van der Waals surface area contributed by atoms with Gasteiger partial charge in [0.25, 0.3) is 0 Å². The predicted octanol–water partition coefficient (Wildman–Crippen LogP) is 6.66. The number of benzene rings is 3. The molecule has 29 heavy (non-hydrogen) atoms. The number of ketones is 1. The summed E-state index contributed by atoms with van der Waals surface area (Å²) in [7, 11) is 0. The third-order valence-corrected chi connectivity index (χ3v) is 6.25. The lowest BCUT2D eigenvalue weighted by Crippen LogP contribution is -2.29. The number of nitrogens with zero attached hydrogens (tertiary/aromatic N) is 1. The Hall–Kier alpha value is -2.61. The first-order valence-electron chi connectivity index (χ1n) is 11.0. The smallest absolute Gasteiger partial charge is 0.137 e. The lowest BCUT2D eigenvalue weighted by molar-refractivity contribution is -0.118. The fourth-order valence-electron chi connectivity index (χ4n) is 4.82. The Bertz CT molecular complexity index is 992. The number of carbonyl (C=O) groups is 1. The van der Waals surface area contributed by atoms with Crippen molar-refractivity contribution in [3.63, 3.8) is 0 Å². The van der Waals surface area contributed by atoms with Gasteiger partial charge in [0, 0.05) is 30.1 Å². The summed E-state index contributed by atoms with van der Waals surface area (Å²) in [4.78, 5) is 15.1. The minimum absolute atomic E-state index is 0.00894. The Morgan fingerprint density at radius 3 is 2.48 bits per heavy atom. The maximum Gasteiger partial charge on any atom is 0.137 e. The standard InChI is InChI=1S/C27H31NO/c1-3-4-14-23(20(2)29)26-18-22-13-10-17-28(19-21-11-6-5-7-12-21)27(22)25-16-9-8-15-24(25)26/h5-9,11-12,15-16,18,23H,3-4,10,13-14,17,19H2,1-2H3. The molecule has 150 valence electrons. The third kappa shape index (κ3) is 4.07. The zero-order valence-corrected chi connectivity index (χ0v) is 17.7. The molecule has 0 spiro atoms. The minimum Gasteiger partial charge on any atom is -0.366 e. The first-order valence-corrected chi connectivity index (χ1v) is 11.0. The second-order valence-corrected chi connectivity index (χ2v) is 8.34. The van der Waals surface area contributed by atoms with Crippen LogP contribution in [0.3, 0.4) is 0 Å². The molecule has 0 fully saturated rings. The summed E-state index contributed by atoms with van der Waals surface area (Å²) in [6, 6.07) is 21.8. The summed E-state index contributed by atoms with van der Waals surface area (Å²) >= 11 is 0. The highest BCUT2D eigenvalue weighted by atomic mass is 16.1. The van der Waals surface area contributed by atoms with E-state index in [1.54, 1.807) is 6.92 Å². The van der Waals surface area contributed by atoms with E-state index in [0.717, 1.165) is 45.2 Å². The van der Waals surface area contributed by atoms with Crippen LogP contribution >= 0.6 is 0 Å². The fraction of sp³-hybridized carbons (Fsp3) is 0.370.